The first-order chi connectivity index (χ1) is 10.8. The van der Waals surface area contributed by atoms with Crippen molar-refractivity contribution in [3.05, 3.63) is 42.1 Å². The molecule has 1 heterocycles. The van der Waals surface area contributed by atoms with E-state index in [2.05, 4.69) is 27.5 Å². The smallest absolute Gasteiger partial charge is 0.270 e. The number of amides is 1. The van der Waals surface area contributed by atoms with Gasteiger partial charge in [-0.2, -0.15) is 0 Å². The number of benzene rings is 1. The van der Waals surface area contributed by atoms with Crippen molar-refractivity contribution in [1.29, 1.82) is 0 Å². The van der Waals surface area contributed by atoms with Crippen molar-refractivity contribution in [1.82, 2.24) is 15.3 Å². The molecule has 0 atom stereocenters. The molecule has 2 aromatic rings. The third-order valence-corrected chi connectivity index (χ3v) is 3.46. The second kappa shape index (κ2) is 6.56. The fourth-order valence-corrected chi connectivity index (χ4v) is 2.11. The number of nitrogens with zero attached hydrogens (tertiary/aromatic N) is 2. The zero-order valence-corrected chi connectivity index (χ0v) is 12.7. The molecule has 1 aromatic carbocycles. The summed E-state index contributed by atoms with van der Waals surface area (Å²) in [6.07, 6.45) is 3.11. The number of hydrogen-bond acceptors (Lipinski definition) is 4. The van der Waals surface area contributed by atoms with Crippen LogP contribution in [-0.4, -0.2) is 28.5 Å². The van der Waals surface area contributed by atoms with Crippen LogP contribution in [0.3, 0.4) is 0 Å². The van der Waals surface area contributed by atoms with E-state index in [1.165, 1.54) is 0 Å². The van der Waals surface area contributed by atoms with Crippen molar-refractivity contribution >= 4 is 11.7 Å². The van der Waals surface area contributed by atoms with Gasteiger partial charge in [-0.05, 0) is 19.3 Å². The lowest BCUT2D eigenvalue weighted by atomic mass is 10.2. The van der Waals surface area contributed by atoms with Crippen LogP contribution in [0.1, 0.15) is 36.7 Å². The lowest BCUT2D eigenvalue weighted by molar-refractivity contribution is 0.0946. The first-order valence-electron chi connectivity index (χ1n) is 7.75. The molecular weight excluding hydrogens is 276 g/mol. The summed E-state index contributed by atoms with van der Waals surface area (Å²) in [5.74, 6) is 1.14. The first-order valence-corrected chi connectivity index (χ1v) is 7.75. The van der Waals surface area contributed by atoms with E-state index < -0.39 is 0 Å². The summed E-state index contributed by atoms with van der Waals surface area (Å²) in [7, 11) is 0. The molecule has 2 N–H and O–H groups in total. The third kappa shape index (κ3) is 3.61. The van der Waals surface area contributed by atoms with Gasteiger partial charge in [-0.15, -0.1) is 0 Å². The van der Waals surface area contributed by atoms with Crippen LogP contribution in [0, 0.1) is 0 Å². The molecule has 1 aliphatic rings. The highest BCUT2D eigenvalue weighted by Crippen LogP contribution is 2.21. The summed E-state index contributed by atoms with van der Waals surface area (Å²) in [6, 6.07) is 11.8. The summed E-state index contributed by atoms with van der Waals surface area (Å²) < 4.78 is 0. The van der Waals surface area contributed by atoms with Crippen LogP contribution >= 0.6 is 0 Å². The summed E-state index contributed by atoms with van der Waals surface area (Å²) in [4.78, 5) is 21.2. The summed E-state index contributed by atoms with van der Waals surface area (Å²) >= 11 is 0. The van der Waals surface area contributed by atoms with Crippen molar-refractivity contribution < 1.29 is 4.79 Å². The average Bonchev–Trinajstić information content (AvgIpc) is 3.37. The number of anilines is 1. The normalized spacial score (nSPS) is 13.7. The second-order valence-corrected chi connectivity index (χ2v) is 5.50. The molecule has 0 unspecified atom stereocenters. The van der Waals surface area contributed by atoms with Gasteiger partial charge in [0, 0.05) is 24.2 Å². The van der Waals surface area contributed by atoms with Crippen molar-refractivity contribution in [2.45, 2.75) is 32.2 Å². The number of carbonyl (C=O) groups excluding carboxylic acids is 1. The third-order valence-electron chi connectivity index (χ3n) is 3.46. The molecule has 0 saturated heterocycles. The van der Waals surface area contributed by atoms with Crippen LogP contribution in [0.5, 0.6) is 0 Å². The topological polar surface area (TPSA) is 66.9 Å². The number of nitrogens with one attached hydrogen (secondary N) is 2. The number of aromatic nitrogens is 2. The molecule has 0 bridgehead atoms. The average molecular weight is 296 g/mol. The van der Waals surface area contributed by atoms with Gasteiger partial charge in [0.1, 0.15) is 11.5 Å². The Morgan fingerprint density at radius 3 is 2.68 bits per heavy atom. The highest BCUT2D eigenvalue weighted by Gasteiger charge is 2.25. The lowest BCUT2D eigenvalue weighted by Gasteiger charge is -2.10. The maximum absolute atomic E-state index is 12.3. The minimum Gasteiger partial charge on any atom is -0.370 e. The number of carbonyl (C=O) groups is 1. The molecule has 0 radical (unpaired) electrons. The lowest BCUT2D eigenvalue weighted by Crippen LogP contribution is -2.26. The van der Waals surface area contributed by atoms with Crippen LogP contribution in [0.4, 0.5) is 5.82 Å². The van der Waals surface area contributed by atoms with E-state index in [9.17, 15) is 4.79 Å². The molecule has 5 heteroatoms. The van der Waals surface area contributed by atoms with E-state index >= 15 is 0 Å². The molecule has 22 heavy (non-hydrogen) atoms. The first kappa shape index (κ1) is 14.5. The molecule has 1 aliphatic carbocycles. The van der Waals surface area contributed by atoms with Gasteiger partial charge in [-0.1, -0.05) is 37.3 Å². The van der Waals surface area contributed by atoms with Crippen LogP contribution in [-0.2, 0) is 0 Å². The van der Waals surface area contributed by atoms with Crippen LogP contribution in [0.25, 0.3) is 11.4 Å². The van der Waals surface area contributed by atoms with Gasteiger partial charge in [-0.3, -0.25) is 4.79 Å². The Morgan fingerprint density at radius 2 is 2.00 bits per heavy atom. The zero-order chi connectivity index (χ0) is 15.4. The molecule has 1 aromatic heterocycles. The van der Waals surface area contributed by atoms with E-state index in [1.54, 1.807) is 6.07 Å². The molecule has 114 valence electrons. The SMILES string of the molecule is CCCNc1cc(C(=O)NC2CC2)nc(-c2ccccc2)n1. The standard InChI is InChI=1S/C17H20N4O/c1-2-10-18-15-11-14(17(22)19-13-8-9-13)20-16(21-15)12-6-4-3-5-7-12/h3-7,11,13H,2,8-10H2,1H3,(H,19,22)(H,18,20,21). The maximum atomic E-state index is 12.3. The van der Waals surface area contributed by atoms with E-state index in [-0.39, 0.29) is 5.91 Å². The summed E-state index contributed by atoms with van der Waals surface area (Å²) in [5, 5.41) is 6.21. The Morgan fingerprint density at radius 1 is 1.23 bits per heavy atom. The predicted molar refractivity (Wildman–Crippen MR) is 86.7 cm³/mol. The van der Waals surface area contributed by atoms with Gasteiger partial charge < -0.3 is 10.6 Å². The van der Waals surface area contributed by atoms with Gasteiger partial charge in [0.05, 0.1) is 0 Å². The van der Waals surface area contributed by atoms with Gasteiger partial charge in [0.2, 0.25) is 0 Å². The van der Waals surface area contributed by atoms with E-state index in [0.717, 1.165) is 31.4 Å². The Balaban J connectivity index is 1.92. The zero-order valence-electron chi connectivity index (χ0n) is 12.7. The van der Waals surface area contributed by atoms with Gasteiger partial charge in [0.25, 0.3) is 5.91 Å². The maximum Gasteiger partial charge on any atom is 0.270 e. The van der Waals surface area contributed by atoms with Crippen molar-refractivity contribution in [2.75, 3.05) is 11.9 Å². The van der Waals surface area contributed by atoms with Crippen molar-refractivity contribution in [3.63, 3.8) is 0 Å². The fraction of sp³-hybridized carbons (Fsp3) is 0.353. The van der Waals surface area contributed by atoms with E-state index in [4.69, 9.17) is 0 Å². The van der Waals surface area contributed by atoms with Crippen LogP contribution < -0.4 is 10.6 Å². The van der Waals surface area contributed by atoms with E-state index in [0.29, 0.717) is 23.4 Å². The number of rotatable bonds is 6. The highest BCUT2D eigenvalue weighted by atomic mass is 16.2. The molecular formula is C17H20N4O. The molecule has 1 fully saturated rings. The van der Waals surface area contributed by atoms with E-state index in [1.807, 2.05) is 30.3 Å². The largest absolute Gasteiger partial charge is 0.370 e. The fourth-order valence-electron chi connectivity index (χ4n) is 2.11. The quantitative estimate of drug-likeness (QED) is 0.860. The highest BCUT2D eigenvalue weighted by molar-refractivity contribution is 5.93. The second-order valence-electron chi connectivity index (χ2n) is 5.50. The van der Waals surface area contributed by atoms with Gasteiger partial charge >= 0.3 is 0 Å². The Kier molecular flexibility index (Phi) is 4.32. The molecule has 1 amide bonds. The summed E-state index contributed by atoms with van der Waals surface area (Å²) in [5.41, 5.74) is 1.32. The molecule has 0 aliphatic heterocycles. The summed E-state index contributed by atoms with van der Waals surface area (Å²) in [6.45, 7) is 2.90. The van der Waals surface area contributed by atoms with Crippen LogP contribution in [0.15, 0.2) is 36.4 Å². The van der Waals surface area contributed by atoms with Crippen molar-refractivity contribution in [2.24, 2.45) is 0 Å². The Labute approximate surface area is 130 Å². The molecule has 0 spiro atoms. The molecule has 1 saturated carbocycles. The Hall–Kier alpha value is -2.43. The Bertz CT molecular complexity index is 653. The molecule has 3 rings (SSSR count). The predicted octanol–water partition coefficient (Wildman–Crippen LogP) is 2.86. The van der Waals surface area contributed by atoms with Gasteiger partial charge in [-0.25, -0.2) is 9.97 Å². The van der Waals surface area contributed by atoms with Gasteiger partial charge in [0.15, 0.2) is 5.82 Å². The monoisotopic (exact) mass is 296 g/mol. The molecule has 5 nitrogen and oxygen atoms in total. The van der Waals surface area contributed by atoms with Crippen molar-refractivity contribution in [3.8, 4) is 11.4 Å². The number of hydrogen-bond donors (Lipinski definition) is 2. The van der Waals surface area contributed by atoms with Crippen LogP contribution in [0.2, 0.25) is 0 Å². The minimum absolute atomic E-state index is 0.123. The minimum atomic E-state index is -0.123.